The third-order valence-corrected chi connectivity index (χ3v) is 4.27. The lowest BCUT2D eigenvalue weighted by molar-refractivity contribution is 0.768. The Bertz CT molecular complexity index is 1390. The molecule has 0 radical (unpaired) electrons. The van der Waals surface area contributed by atoms with E-state index >= 15 is 0 Å². The summed E-state index contributed by atoms with van der Waals surface area (Å²) in [6.45, 7) is 0. The van der Waals surface area contributed by atoms with E-state index in [0.29, 0.717) is 23.1 Å². The quantitative estimate of drug-likeness (QED) is 0.519. The van der Waals surface area contributed by atoms with Gasteiger partial charge in [0.2, 0.25) is 5.95 Å². The maximum atomic E-state index is 12.2. The Morgan fingerprint density at radius 2 is 1.89 bits per heavy atom. The third kappa shape index (κ3) is 2.65. The molecule has 0 saturated carbocycles. The number of para-hydroxylation sites is 1. The maximum absolute atomic E-state index is 12.2. The molecule has 0 saturated heterocycles. The Labute approximate surface area is 158 Å². The summed E-state index contributed by atoms with van der Waals surface area (Å²) in [5.41, 5.74) is 2.07. The van der Waals surface area contributed by atoms with Crippen LogP contribution in [0.15, 0.2) is 65.8 Å². The lowest BCUT2D eigenvalue weighted by Crippen LogP contribution is -2.11. The second-order valence-electron chi connectivity index (χ2n) is 6.20. The van der Waals surface area contributed by atoms with Gasteiger partial charge in [-0.2, -0.15) is 9.61 Å². The standard InChI is InChI=1S/C19H14N8O/c1-26-11-12(10-21-26)16-24-17-13-6-2-3-7-14(13)22-19(27(17)25-16)23-15-8-4-5-9-20-18(15)28/h2-11H,1H3,(H,20,22,23,28). The van der Waals surface area contributed by atoms with E-state index in [1.54, 1.807) is 33.6 Å². The van der Waals surface area contributed by atoms with Gasteiger partial charge in [-0.25, -0.2) is 15.0 Å². The van der Waals surface area contributed by atoms with Crippen LogP contribution in [0.5, 0.6) is 0 Å². The highest BCUT2D eigenvalue weighted by atomic mass is 16.1. The zero-order chi connectivity index (χ0) is 19.1. The van der Waals surface area contributed by atoms with Crippen LogP contribution in [0.1, 0.15) is 0 Å². The van der Waals surface area contributed by atoms with E-state index in [-0.39, 0.29) is 5.56 Å². The topological polar surface area (TPSA) is 103 Å². The molecule has 4 aromatic heterocycles. The van der Waals surface area contributed by atoms with Crippen molar-refractivity contribution >= 4 is 28.2 Å². The molecule has 0 fully saturated rings. The molecule has 0 bridgehead atoms. The maximum Gasteiger partial charge on any atom is 0.293 e. The van der Waals surface area contributed by atoms with Crippen molar-refractivity contribution in [3.63, 3.8) is 0 Å². The van der Waals surface area contributed by atoms with Crippen LogP contribution in [0.4, 0.5) is 11.6 Å². The minimum atomic E-state index is -0.388. The molecule has 28 heavy (non-hydrogen) atoms. The number of nitrogens with one attached hydrogen (secondary N) is 1. The zero-order valence-electron chi connectivity index (χ0n) is 14.8. The second-order valence-corrected chi connectivity index (χ2v) is 6.20. The van der Waals surface area contributed by atoms with Gasteiger partial charge in [-0.3, -0.25) is 9.48 Å². The average Bonchev–Trinajstić information content (AvgIpc) is 3.28. The first kappa shape index (κ1) is 16.1. The minimum Gasteiger partial charge on any atom is -0.319 e. The van der Waals surface area contributed by atoms with Crippen LogP contribution in [-0.4, -0.2) is 34.3 Å². The molecular formula is C19H14N8O. The number of hydrogen-bond acceptors (Lipinski definition) is 7. The van der Waals surface area contributed by atoms with Gasteiger partial charge in [-0.1, -0.05) is 18.2 Å². The molecule has 5 aromatic rings. The third-order valence-electron chi connectivity index (χ3n) is 4.27. The molecule has 0 aliphatic heterocycles. The number of anilines is 2. The van der Waals surface area contributed by atoms with Gasteiger partial charge in [0, 0.05) is 24.8 Å². The number of rotatable bonds is 3. The number of aromatic nitrogens is 7. The van der Waals surface area contributed by atoms with Gasteiger partial charge in [0.15, 0.2) is 11.5 Å². The summed E-state index contributed by atoms with van der Waals surface area (Å²) in [4.78, 5) is 25.3. The predicted octanol–water partition coefficient (Wildman–Crippen LogP) is 2.18. The van der Waals surface area contributed by atoms with Crippen LogP contribution < -0.4 is 10.9 Å². The second kappa shape index (κ2) is 6.23. The van der Waals surface area contributed by atoms with E-state index < -0.39 is 0 Å². The number of nitrogens with zero attached hydrogens (tertiary/aromatic N) is 7. The Balaban J connectivity index is 1.76. The molecule has 5 rings (SSSR count). The molecule has 0 amide bonds. The molecule has 1 N–H and O–H groups in total. The molecule has 0 unspecified atom stereocenters. The zero-order valence-corrected chi connectivity index (χ0v) is 14.8. The van der Waals surface area contributed by atoms with Gasteiger partial charge in [0.1, 0.15) is 5.69 Å². The largest absolute Gasteiger partial charge is 0.319 e. The fourth-order valence-electron chi connectivity index (χ4n) is 2.96. The fraction of sp³-hybridized carbons (Fsp3) is 0.0526. The lowest BCUT2D eigenvalue weighted by atomic mass is 10.2. The van der Waals surface area contributed by atoms with Gasteiger partial charge in [0.05, 0.1) is 17.3 Å². The van der Waals surface area contributed by atoms with Gasteiger partial charge in [0.25, 0.3) is 5.56 Å². The Morgan fingerprint density at radius 1 is 1.04 bits per heavy atom. The van der Waals surface area contributed by atoms with Crippen molar-refractivity contribution in [2.24, 2.45) is 7.05 Å². The van der Waals surface area contributed by atoms with Gasteiger partial charge < -0.3 is 5.32 Å². The smallest absolute Gasteiger partial charge is 0.293 e. The van der Waals surface area contributed by atoms with Crippen molar-refractivity contribution in [2.45, 2.75) is 0 Å². The molecule has 4 heterocycles. The summed E-state index contributed by atoms with van der Waals surface area (Å²) in [6.07, 6.45) is 5.00. The van der Waals surface area contributed by atoms with Crippen molar-refractivity contribution in [1.82, 2.24) is 34.3 Å². The molecular weight excluding hydrogens is 356 g/mol. The summed E-state index contributed by atoms with van der Waals surface area (Å²) in [7, 11) is 1.83. The van der Waals surface area contributed by atoms with E-state index in [4.69, 9.17) is 0 Å². The SMILES string of the molecule is Cn1cc(-c2nc3c4ccccc4nc(Nc4ccccnc4=O)n3n2)cn1. The van der Waals surface area contributed by atoms with Crippen LogP contribution in [0.2, 0.25) is 0 Å². The summed E-state index contributed by atoms with van der Waals surface area (Å²) < 4.78 is 3.28. The number of aryl methyl sites for hydroxylation is 1. The van der Waals surface area contributed by atoms with Crippen molar-refractivity contribution in [3.05, 3.63) is 71.4 Å². The first-order valence-electron chi connectivity index (χ1n) is 8.56. The van der Waals surface area contributed by atoms with Crippen molar-refractivity contribution in [2.75, 3.05) is 5.32 Å². The Kier molecular flexibility index (Phi) is 3.58. The highest BCUT2D eigenvalue weighted by molar-refractivity contribution is 5.93. The lowest BCUT2D eigenvalue weighted by Gasteiger charge is -2.07. The molecule has 9 nitrogen and oxygen atoms in total. The first-order valence-corrected chi connectivity index (χ1v) is 8.56. The normalized spacial score (nSPS) is 11.2. The predicted molar refractivity (Wildman–Crippen MR) is 104 cm³/mol. The van der Waals surface area contributed by atoms with Crippen LogP contribution in [0, 0.1) is 0 Å². The van der Waals surface area contributed by atoms with Gasteiger partial charge in [-0.05, 0) is 24.3 Å². The van der Waals surface area contributed by atoms with Crippen LogP contribution in [-0.2, 0) is 7.05 Å². The van der Waals surface area contributed by atoms with E-state index in [1.165, 1.54) is 6.20 Å². The van der Waals surface area contributed by atoms with E-state index in [9.17, 15) is 4.79 Å². The molecule has 0 atom stereocenters. The van der Waals surface area contributed by atoms with Gasteiger partial charge in [-0.15, -0.1) is 5.10 Å². The first-order chi connectivity index (χ1) is 13.7. The van der Waals surface area contributed by atoms with Crippen LogP contribution >= 0.6 is 0 Å². The summed E-state index contributed by atoms with van der Waals surface area (Å²) in [5.74, 6) is 0.898. The Hall–Kier alpha value is -4.14. The summed E-state index contributed by atoms with van der Waals surface area (Å²) in [5, 5.41) is 12.7. The summed E-state index contributed by atoms with van der Waals surface area (Å²) in [6, 6.07) is 12.7. The van der Waals surface area contributed by atoms with Gasteiger partial charge >= 0.3 is 0 Å². The summed E-state index contributed by atoms with van der Waals surface area (Å²) >= 11 is 0. The van der Waals surface area contributed by atoms with Crippen molar-refractivity contribution in [3.8, 4) is 11.4 Å². The highest BCUT2D eigenvalue weighted by Gasteiger charge is 2.16. The highest BCUT2D eigenvalue weighted by Crippen LogP contribution is 2.24. The van der Waals surface area contributed by atoms with Crippen LogP contribution in [0.25, 0.3) is 27.9 Å². The monoisotopic (exact) mass is 370 g/mol. The molecule has 0 aliphatic carbocycles. The fourth-order valence-corrected chi connectivity index (χ4v) is 2.96. The number of fused-ring (bicyclic) bond motifs is 3. The molecule has 9 heteroatoms. The molecule has 136 valence electrons. The van der Waals surface area contributed by atoms with Crippen molar-refractivity contribution < 1.29 is 0 Å². The minimum absolute atomic E-state index is 0.299. The number of benzene rings is 1. The average molecular weight is 370 g/mol. The molecule has 1 aromatic carbocycles. The van der Waals surface area contributed by atoms with E-state index in [0.717, 1.165) is 16.5 Å². The number of hydrogen-bond donors (Lipinski definition) is 1. The molecule has 0 aliphatic rings. The van der Waals surface area contributed by atoms with Crippen molar-refractivity contribution in [1.29, 1.82) is 0 Å². The van der Waals surface area contributed by atoms with E-state index in [1.807, 2.05) is 37.5 Å². The van der Waals surface area contributed by atoms with E-state index in [2.05, 4.69) is 30.5 Å². The molecule has 0 spiro atoms. The Morgan fingerprint density at radius 3 is 2.75 bits per heavy atom. The van der Waals surface area contributed by atoms with Crippen LogP contribution in [0.3, 0.4) is 0 Å².